The molecule has 1 unspecified atom stereocenters. The maximum absolute atomic E-state index is 10.8. The highest BCUT2D eigenvalue weighted by Gasteiger charge is 2.19. The molecule has 0 bridgehead atoms. The molecular formula is C10H10N4O5. The Hall–Kier alpha value is -2.68. The lowest BCUT2D eigenvalue weighted by Crippen LogP contribution is -2.36. The zero-order valence-corrected chi connectivity index (χ0v) is 9.57. The number of nitrogens with zero attached hydrogens (tertiary/aromatic N) is 2. The minimum atomic E-state index is -1.15. The normalized spacial score (nSPS) is 12.3. The molecule has 1 atom stereocenters. The molecule has 9 heteroatoms. The van der Waals surface area contributed by atoms with Gasteiger partial charge >= 0.3 is 11.7 Å². The van der Waals surface area contributed by atoms with Crippen molar-refractivity contribution in [2.75, 3.05) is 11.9 Å². The molecule has 19 heavy (non-hydrogen) atoms. The van der Waals surface area contributed by atoms with Crippen molar-refractivity contribution >= 4 is 28.4 Å². The summed E-state index contributed by atoms with van der Waals surface area (Å²) in [7, 11) is 0. The summed E-state index contributed by atoms with van der Waals surface area (Å²) in [5, 5.41) is 22.2. The predicted octanol–water partition coefficient (Wildman–Crippen LogP) is 0.560. The Kier molecular flexibility index (Phi) is 3.29. The number of hydrogen-bond acceptors (Lipinski definition) is 7. The van der Waals surface area contributed by atoms with Gasteiger partial charge in [-0.25, -0.2) is 4.98 Å². The van der Waals surface area contributed by atoms with Gasteiger partial charge in [-0.05, 0) is 6.07 Å². The highest BCUT2D eigenvalue weighted by molar-refractivity contribution is 5.92. The number of nitro benzene ring substituents is 1. The zero-order chi connectivity index (χ0) is 14.0. The van der Waals surface area contributed by atoms with Crippen LogP contribution in [-0.4, -0.2) is 33.6 Å². The molecule has 4 N–H and O–H groups in total. The van der Waals surface area contributed by atoms with Crippen LogP contribution < -0.4 is 11.1 Å². The van der Waals surface area contributed by atoms with Gasteiger partial charge in [0.15, 0.2) is 6.39 Å². The van der Waals surface area contributed by atoms with Crippen LogP contribution in [0.5, 0.6) is 0 Å². The molecule has 0 saturated heterocycles. The predicted molar refractivity (Wildman–Crippen MR) is 64.8 cm³/mol. The molecule has 0 aliphatic heterocycles. The van der Waals surface area contributed by atoms with E-state index >= 15 is 0 Å². The zero-order valence-electron chi connectivity index (χ0n) is 9.57. The Morgan fingerprint density at radius 2 is 2.37 bits per heavy atom. The van der Waals surface area contributed by atoms with Crippen molar-refractivity contribution < 1.29 is 19.2 Å². The average molecular weight is 266 g/mol. The lowest BCUT2D eigenvalue weighted by molar-refractivity contribution is -0.383. The lowest BCUT2D eigenvalue weighted by Gasteiger charge is -2.09. The molecule has 9 nitrogen and oxygen atoms in total. The summed E-state index contributed by atoms with van der Waals surface area (Å²) in [5.74, 6) is -1.15. The molecule has 1 heterocycles. The number of rotatable bonds is 5. The number of fused-ring (bicyclic) bond motifs is 1. The Bertz CT molecular complexity index is 638. The first kappa shape index (κ1) is 12.8. The van der Waals surface area contributed by atoms with E-state index in [-0.39, 0.29) is 23.3 Å². The van der Waals surface area contributed by atoms with E-state index in [9.17, 15) is 14.9 Å². The minimum absolute atomic E-state index is 0.0268. The summed E-state index contributed by atoms with van der Waals surface area (Å²) in [6.45, 7) is -0.0326. The van der Waals surface area contributed by atoms with E-state index in [0.717, 1.165) is 6.39 Å². The van der Waals surface area contributed by atoms with E-state index in [0.29, 0.717) is 5.69 Å². The molecule has 1 aromatic carbocycles. The molecule has 2 aromatic rings. The third-order valence-corrected chi connectivity index (χ3v) is 2.49. The largest absolute Gasteiger partial charge is 0.480 e. The number of nitrogens with two attached hydrogens (primary N) is 1. The van der Waals surface area contributed by atoms with Gasteiger partial charge in [-0.15, -0.1) is 0 Å². The number of carboxylic acid groups (broad SMARTS) is 1. The van der Waals surface area contributed by atoms with Crippen LogP contribution in [0.4, 0.5) is 11.4 Å². The van der Waals surface area contributed by atoms with Gasteiger partial charge in [0, 0.05) is 12.6 Å². The third kappa shape index (κ3) is 2.45. The fraction of sp³-hybridized carbons (Fsp3) is 0.200. The van der Waals surface area contributed by atoms with Gasteiger partial charge < -0.3 is 20.6 Å². The number of carbonyl (C=O) groups is 1. The van der Waals surface area contributed by atoms with Crippen molar-refractivity contribution in [2.45, 2.75) is 6.04 Å². The second kappa shape index (κ2) is 4.90. The van der Waals surface area contributed by atoms with Crippen LogP contribution in [0.2, 0.25) is 0 Å². The van der Waals surface area contributed by atoms with Gasteiger partial charge in [-0.1, -0.05) is 0 Å². The van der Waals surface area contributed by atoms with Crippen molar-refractivity contribution in [3.63, 3.8) is 0 Å². The standard InChI is InChI=1S/C10H10N4O5/c11-5(10(15)16)3-12-6-1-2-7(14(17)18)9-8(6)13-4-19-9/h1-2,4-5,12H,3,11H2,(H,15,16). The van der Waals surface area contributed by atoms with Crippen LogP contribution in [0.25, 0.3) is 11.1 Å². The van der Waals surface area contributed by atoms with Crippen LogP contribution in [0.3, 0.4) is 0 Å². The van der Waals surface area contributed by atoms with Gasteiger partial charge in [0.2, 0.25) is 5.58 Å². The molecule has 0 aliphatic rings. The van der Waals surface area contributed by atoms with Gasteiger partial charge in [-0.2, -0.15) is 0 Å². The van der Waals surface area contributed by atoms with Crippen molar-refractivity contribution in [3.05, 3.63) is 28.6 Å². The first-order valence-corrected chi connectivity index (χ1v) is 5.23. The fourth-order valence-corrected chi connectivity index (χ4v) is 1.53. The Balaban J connectivity index is 2.30. The molecule has 2 rings (SSSR count). The molecule has 0 radical (unpaired) electrons. The molecule has 100 valence electrons. The summed E-state index contributed by atoms with van der Waals surface area (Å²) < 4.78 is 4.96. The number of hydrogen-bond donors (Lipinski definition) is 3. The molecule has 0 spiro atoms. The van der Waals surface area contributed by atoms with Crippen molar-refractivity contribution in [1.29, 1.82) is 0 Å². The molecular weight excluding hydrogens is 256 g/mol. The number of aromatic nitrogens is 1. The molecule has 0 fully saturated rings. The van der Waals surface area contributed by atoms with E-state index in [4.69, 9.17) is 15.3 Å². The third-order valence-electron chi connectivity index (χ3n) is 2.49. The van der Waals surface area contributed by atoms with E-state index in [2.05, 4.69) is 10.3 Å². The summed E-state index contributed by atoms with van der Waals surface area (Å²) in [6, 6.07) is 1.59. The van der Waals surface area contributed by atoms with Crippen LogP contribution in [0, 0.1) is 10.1 Å². The van der Waals surface area contributed by atoms with Crippen LogP contribution >= 0.6 is 0 Å². The number of benzene rings is 1. The van der Waals surface area contributed by atoms with E-state index in [1.165, 1.54) is 12.1 Å². The van der Waals surface area contributed by atoms with Gasteiger partial charge in [0.25, 0.3) is 0 Å². The quantitative estimate of drug-likeness (QED) is 0.525. The van der Waals surface area contributed by atoms with Gasteiger partial charge in [-0.3, -0.25) is 14.9 Å². The summed E-state index contributed by atoms with van der Waals surface area (Å²) in [5.41, 5.74) is 5.85. The van der Waals surface area contributed by atoms with Crippen molar-refractivity contribution in [2.24, 2.45) is 5.73 Å². The maximum atomic E-state index is 10.8. The van der Waals surface area contributed by atoms with Crippen LogP contribution in [-0.2, 0) is 4.79 Å². The number of anilines is 1. The van der Waals surface area contributed by atoms with Gasteiger partial charge in [0.05, 0.1) is 10.6 Å². The van der Waals surface area contributed by atoms with Crippen molar-refractivity contribution in [3.8, 4) is 0 Å². The summed E-state index contributed by atoms with van der Waals surface area (Å²) in [6.07, 6.45) is 1.08. The molecule has 1 aromatic heterocycles. The van der Waals surface area contributed by atoms with E-state index in [1.807, 2.05) is 0 Å². The monoisotopic (exact) mass is 266 g/mol. The number of nitro groups is 1. The number of carboxylic acids is 1. The fourth-order valence-electron chi connectivity index (χ4n) is 1.53. The first-order chi connectivity index (χ1) is 9.00. The molecule has 0 amide bonds. The molecule has 0 saturated carbocycles. The van der Waals surface area contributed by atoms with Crippen molar-refractivity contribution in [1.82, 2.24) is 4.98 Å². The smallest absolute Gasteiger partial charge is 0.322 e. The Morgan fingerprint density at radius 1 is 1.63 bits per heavy atom. The minimum Gasteiger partial charge on any atom is -0.480 e. The second-order valence-corrected chi connectivity index (χ2v) is 3.75. The average Bonchev–Trinajstić information content (AvgIpc) is 2.83. The Morgan fingerprint density at radius 3 is 3.00 bits per heavy atom. The number of aliphatic carboxylic acids is 1. The van der Waals surface area contributed by atoms with Crippen LogP contribution in [0.1, 0.15) is 0 Å². The topological polar surface area (TPSA) is 145 Å². The van der Waals surface area contributed by atoms with Gasteiger partial charge in [0.1, 0.15) is 11.6 Å². The van der Waals surface area contributed by atoms with Crippen LogP contribution in [0.15, 0.2) is 22.9 Å². The summed E-state index contributed by atoms with van der Waals surface area (Å²) in [4.78, 5) is 24.6. The maximum Gasteiger partial charge on any atom is 0.322 e. The SMILES string of the molecule is NC(CNc1ccc([N+](=O)[O-])c2ocnc12)C(=O)O. The second-order valence-electron chi connectivity index (χ2n) is 3.75. The summed E-state index contributed by atoms with van der Waals surface area (Å²) >= 11 is 0. The van der Waals surface area contributed by atoms with E-state index in [1.54, 1.807) is 0 Å². The van der Waals surface area contributed by atoms with E-state index < -0.39 is 16.9 Å². The Labute approximate surface area is 106 Å². The molecule has 0 aliphatic carbocycles. The first-order valence-electron chi connectivity index (χ1n) is 5.23. The highest BCUT2D eigenvalue weighted by atomic mass is 16.6. The highest BCUT2D eigenvalue weighted by Crippen LogP contribution is 2.30. The lowest BCUT2D eigenvalue weighted by atomic mass is 10.2. The number of nitrogens with one attached hydrogen (secondary N) is 1. The number of oxazole rings is 1. The number of non-ortho nitro benzene ring substituents is 1.